The number of hydrogen-bond acceptors (Lipinski definition) is 5. The average Bonchev–Trinajstić information content (AvgIpc) is 2.96. The highest BCUT2D eigenvalue weighted by molar-refractivity contribution is 7.90. The molecule has 1 N–H and O–H groups in total. The van der Waals surface area contributed by atoms with Gasteiger partial charge in [-0.3, -0.25) is 4.79 Å². The predicted molar refractivity (Wildman–Crippen MR) is 85.6 cm³/mol. The fourth-order valence-corrected chi connectivity index (χ4v) is 3.75. The number of carbonyl (C=O) groups is 1. The van der Waals surface area contributed by atoms with E-state index >= 15 is 0 Å². The summed E-state index contributed by atoms with van der Waals surface area (Å²) in [5, 5.41) is 0. The van der Waals surface area contributed by atoms with Crippen LogP contribution in [0.15, 0.2) is 23.1 Å². The maximum atomic E-state index is 12.3. The van der Waals surface area contributed by atoms with Gasteiger partial charge in [-0.15, -0.1) is 0 Å². The summed E-state index contributed by atoms with van der Waals surface area (Å²) in [5.74, 6) is -0.678. The molecular weight excluding hydrogens is 318 g/mol. The van der Waals surface area contributed by atoms with E-state index in [1.165, 1.54) is 13.0 Å². The smallest absolute Gasteiger partial charge is 0.264 e. The minimum Gasteiger partial charge on any atom is -0.376 e. The van der Waals surface area contributed by atoms with Crippen LogP contribution in [0.1, 0.15) is 30.9 Å². The number of benzene rings is 1. The molecule has 1 aliphatic heterocycles. The van der Waals surface area contributed by atoms with Crippen LogP contribution in [0.25, 0.3) is 0 Å². The monoisotopic (exact) mass is 341 g/mol. The first-order valence-electron chi connectivity index (χ1n) is 7.67. The summed E-state index contributed by atoms with van der Waals surface area (Å²) in [6.07, 6.45) is 1.01. The third kappa shape index (κ3) is 4.76. The quantitative estimate of drug-likeness (QED) is 0.851. The Morgan fingerprint density at radius 1 is 1.43 bits per heavy atom. The fraction of sp³-hybridized carbons (Fsp3) is 0.562. The van der Waals surface area contributed by atoms with Crippen LogP contribution in [-0.2, 0) is 24.3 Å². The van der Waals surface area contributed by atoms with Crippen LogP contribution in [0.4, 0.5) is 0 Å². The molecule has 2 atom stereocenters. The summed E-state index contributed by atoms with van der Waals surface area (Å²) in [5.41, 5.74) is 1.55. The first-order chi connectivity index (χ1) is 10.8. The normalized spacial score (nSPS) is 19.5. The van der Waals surface area contributed by atoms with Crippen molar-refractivity contribution in [2.75, 3.05) is 13.2 Å². The van der Waals surface area contributed by atoms with Crippen molar-refractivity contribution in [3.8, 4) is 0 Å². The van der Waals surface area contributed by atoms with Crippen molar-refractivity contribution in [3.63, 3.8) is 0 Å². The molecule has 0 aromatic heterocycles. The molecular formula is C16H23NO5S. The lowest BCUT2D eigenvalue weighted by Gasteiger charge is -2.16. The van der Waals surface area contributed by atoms with Crippen molar-refractivity contribution in [1.29, 1.82) is 0 Å². The minimum atomic E-state index is -3.90. The van der Waals surface area contributed by atoms with E-state index in [0.717, 1.165) is 18.4 Å². The van der Waals surface area contributed by atoms with E-state index in [1.807, 2.05) is 6.92 Å². The van der Waals surface area contributed by atoms with Gasteiger partial charge in [0.25, 0.3) is 15.9 Å². The highest BCUT2D eigenvalue weighted by Crippen LogP contribution is 2.17. The number of carbonyl (C=O) groups excluding carboxylic acids is 1. The number of rotatable bonds is 6. The van der Waals surface area contributed by atoms with Gasteiger partial charge in [-0.1, -0.05) is 17.7 Å². The second-order valence-corrected chi connectivity index (χ2v) is 7.50. The minimum absolute atomic E-state index is 0.0128. The molecule has 0 unspecified atom stereocenters. The van der Waals surface area contributed by atoms with E-state index in [9.17, 15) is 13.2 Å². The molecule has 0 saturated carbocycles. The number of nitrogens with one attached hydrogen (secondary N) is 1. The van der Waals surface area contributed by atoms with Gasteiger partial charge in [-0.05, 0) is 45.2 Å². The number of aryl methyl sites for hydroxylation is 2. The molecule has 1 saturated heterocycles. The Labute approximate surface area is 137 Å². The maximum Gasteiger partial charge on any atom is 0.264 e. The van der Waals surface area contributed by atoms with Gasteiger partial charge in [0.1, 0.15) is 6.10 Å². The largest absolute Gasteiger partial charge is 0.376 e. The first-order valence-corrected chi connectivity index (χ1v) is 9.15. The Kier molecular flexibility index (Phi) is 5.78. The van der Waals surface area contributed by atoms with Crippen molar-refractivity contribution >= 4 is 15.9 Å². The lowest BCUT2D eigenvalue weighted by Crippen LogP contribution is -2.39. The lowest BCUT2D eigenvalue weighted by atomic mass is 10.2. The zero-order chi connectivity index (χ0) is 17.0. The van der Waals surface area contributed by atoms with Crippen LogP contribution in [0.2, 0.25) is 0 Å². The summed E-state index contributed by atoms with van der Waals surface area (Å²) in [6, 6.07) is 4.96. The van der Waals surface area contributed by atoms with Gasteiger partial charge in [0.2, 0.25) is 0 Å². The van der Waals surface area contributed by atoms with Crippen LogP contribution >= 0.6 is 0 Å². The van der Waals surface area contributed by atoms with Crippen molar-refractivity contribution in [1.82, 2.24) is 4.72 Å². The number of sulfonamides is 1. The van der Waals surface area contributed by atoms with Gasteiger partial charge >= 0.3 is 0 Å². The molecule has 128 valence electrons. The topological polar surface area (TPSA) is 81.7 Å². The Balaban J connectivity index is 1.97. The Morgan fingerprint density at radius 3 is 2.78 bits per heavy atom. The molecule has 2 rings (SSSR count). The SMILES string of the molecule is Cc1ccc(S(=O)(=O)NC(=O)[C@H](C)OC[C@H]2CCCO2)c(C)c1. The summed E-state index contributed by atoms with van der Waals surface area (Å²) >= 11 is 0. The summed E-state index contributed by atoms with van der Waals surface area (Å²) in [6.45, 7) is 6.10. The van der Waals surface area contributed by atoms with E-state index in [4.69, 9.17) is 9.47 Å². The first kappa shape index (κ1) is 17.9. The summed E-state index contributed by atoms with van der Waals surface area (Å²) in [7, 11) is -3.90. The van der Waals surface area contributed by atoms with E-state index in [2.05, 4.69) is 4.72 Å². The molecule has 1 amide bonds. The van der Waals surface area contributed by atoms with Crippen molar-refractivity contribution < 1.29 is 22.7 Å². The van der Waals surface area contributed by atoms with Crippen molar-refractivity contribution in [2.24, 2.45) is 0 Å². The molecule has 1 aromatic rings. The third-order valence-corrected chi connectivity index (χ3v) is 5.29. The maximum absolute atomic E-state index is 12.3. The van der Waals surface area contributed by atoms with Crippen LogP contribution in [-0.4, -0.2) is 39.7 Å². The molecule has 0 radical (unpaired) electrons. The summed E-state index contributed by atoms with van der Waals surface area (Å²) < 4.78 is 37.6. The lowest BCUT2D eigenvalue weighted by molar-refractivity contribution is -0.131. The highest BCUT2D eigenvalue weighted by Gasteiger charge is 2.25. The van der Waals surface area contributed by atoms with Gasteiger partial charge in [0, 0.05) is 6.61 Å². The van der Waals surface area contributed by atoms with Gasteiger partial charge in [-0.25, -0.2) is 13.1 Å². The van der Waals surface area contributed by atoms with Crippen LogP contribution in [0, 0.1) is 13.8 Å². The Bertz CT molecular complexity index is 665. The molecule has 1 aliphatic rings. The molecule has 0 aliphatic carbocycles. The van der Waals surface area contributed by atoms with Crippen molar-refractivity contribution in [3.05, 3.63) is 29.3 Å². The molecule has 6 nitrogen and oxygen atoms in total. The Morgan fingerprint density at radius 2 is 2.17 bits per heavy atom. The standard InChI is InChI=1S/C16H23NO5S/c1-11-6-7-15(12(2)9-11)23(19,20)17-16(18)13(3)22-10-14-5-4-8-21-14/h6-7,9,13-14H,4-5,8,10H2,1-3H3,(H,17,18)/t13-,14+/m0/s1. The van der Waals surface area contributed by atoms with Gasteiger partial charge in [0.05, 0.1) is 17.6 Å². The van der Waals surface area contributed by atoms with Crippen LogP contribution < -0.4 is 4.72 Å². The average molecular weight is 341 g/mol. The van der Waals surface area contributed by atoms with E-state index in [1.54, 1.807) is 19.1 Å². The Hall–Kier alpha value is -1.44. The number of hydrogen-bond donors (Lipinski definition) is 1. The predicted octanol–water partition coefficient (Wildman–Crippen LogP) is 1.69. The second kappa shape index (κ2) is 7.42. The molecule has 0 spiro atoms. The molecule has 0 bridgehead atoms. The number of ether oxygens (including phenoxy) is 2. The van der Waals surface area contributed by atoms with E-state index in [-0.39, 0.29) is 17.6 Å². The zero-order valence-electron chi connectivity index (χ0n) is 13.7. The van der Waals surface area contributed by atoms with Gasteiger partial charge in [0.15, 0.2) is 0 Å². The molecule has 1 fully saturated rings. The van der Waals surface area contributed by atoms with Crippen LogP contribution in [0.5, 0.6) is 0 Å². The number of amides is 1. The second-order valence-electron chi connectivity index (χ2n) is 5.85. The molecule has 1 heterocycles. The third-order valence-electron chi connectivity index (χ3n) is 3.78. The zero-order valence-corrected chi connectivity index (χ0v) is 14.5. The van der Waals surface area contributed by atoms with E-state index < -0.39 is 22.0 Å². The highest BCUT2D eigenvalue weighted by atomic mass is 32.2. The fourth-order valence-electron chi connectivity index (χ4n) is 2.47. The van der Waals surface area contributed by atoms with E-state index in [0.29, 0.717) is 12.2 Å². The van der Waals surface area contributed by atoms with Gasteiger partial charge < -0.3 is 9.47 Å². The molecule has 1 aromatic carbocycles. The molecule has 7 heteroatoms. The van der Waals surface area contributed by atoms with Crippen molar-refractivity contribution in [2.45, 2.75) is 50.7 Å². The van der Waals surface area contributed by atoms with Crippen LogP contribution in [0.3, 0.4) is 0 Å². The molecule has 23 heavy (non-hydrogen) atoms. The van der Waals surface area contributed by atoms with Gasteiger partial charge in [-0.2, -0.15) is 0 Å². The summed E-state index contributed by atoms with van der Waals surface area (Å²) in [4.78, 5) is 12.2.